The van der Waals surface area contributed by atoms with Gasteiger partial charge < -0.3 is 9.84 Å². The van der Waals surface area contributed by atoms with Gasteiger partial charge in [0, 0.05) is 11.3 Å². The van der Waals surface area contributed by atoms with E-state index in [0.717, 1.165) is 29.7 Å². The Morgan fingerprint density at radius 3 is 2.44 bits per heavy atom. The van der Waals surface area contributed by atoms with Crippen LogP contribution in [0, 0.1) is 5.82 Å². The SMILES string of the molecule is CCc1ccc(-c2noc(C3=C(C)N(c4cccc(CC)c4)C(=O)NC3c3cccc(F)c3)n2)cc1. The molecule has 6 nitrogen and oxygen atoms in total. The lowest BCUT2D eigenvalue weighted by molar-refractivity contribution is 0.244. The van der Waals surface area contributed by atoms with Gasteiger partial charge in [-0.3, -0.25) is 4.90 Å². The standard InChI is InChI=1S/C29H27FN4O2/c1-4-19-12-14-21(15-13-19)27-32-28(36-33-27)25-18(3)34(24-11-6-8-20(5-2)16-24)29(35)31-26(25)22-9-7-10-23(30)17-22/h6-17,26H,4-5H2,1-3H3,(H,31,35). The molecule has 1 unspecified atom stereocenters. The van der Waals surface area contributed by atoms with Gasteiger partial charge in [-0.25, -0.2) is 9.18 Å². The molecule has 0 fully saturated rings. The highest BCUT2D eigenvalue weighted by Crippen LogP contribution is 2.39. The van der Waals surface area contributed by atoms with Crippen molar-refractivity contribution < 1.29 is 13.7 Å². The summed E-state index contributed by atoms with van der Waals surface area (Å²) in [5.74, 6) is 0.328. The van der Waals surface area contributed by atoms with Crippen LogP contribution in [0.1, 0.15) is 49.4 Å². The van der Waals surface area contributed by atoms with Crippen molar-refractivity contribution in [1.82, 2.24) is 15.5 Å². The first kappa shape index (κ1) is 23.5. The summed E-state index contributed by atoms with van der Waals surface area (Å²) in [6.07, 6.45) is 1.78. The van der Waals surface area contributed by atoms with Gasteiger partial charge in [-0.1, -0.05) is 67.5 Å². The lowest BCUT2D eigenvalue weighted by atomic mass is 9.94. The second-order valence-electron chi connectivity index (χ2n) is 8.77. The number of amides is 2. The van der Waals surface area contributed by atoms with E-state index in [1.54, 1.807) is 17.0 Å². The third-order valence-corrected chi connectivity index (χ3v) is 6.52. The van der Waals surface area contributed by atoms with Gasteiger partial charge in [-0.15, -0.1) is 0 Å². The number of aryl methyl sites for hydroxylation is 2. The fraction of sp³-hybridized carbons (Fsp3) is 0.207. The third-order valence-electron chi connectivity index (χ3n) is 6.52. The molecule has 0 saturated carbocycles. The van der Waals surface area contributed by atoms with Gasteiger partial charge in [-0.05, 0) is 60.7 Å². The fourth-order valence-corrected chi connectivity index (χ4v) is 4.52. The molecule has 7 heteroatoms. The lowest BCUT2D eigenvalue weighted by Crippen LogP contribution is -2.46. The van der Waals surface area contributed by atoms with Crippen molar-refractivity contribution in [2.24, 2.45) is 0 Å². The minimum atomic E-state index is -0.658. The molecule has 182 valence electrons. The van der Waals surface area contributed by atoms with Crippen LogP contribution in [0.25, 0.3) is 17.0 Å². The third kappa shape index (κ3) is 4.40. The van der Waals surface area contributed by atoms with E-state index >= 15 is 0 Å². The monoisotopic (exact) mass is 482 g/mol. The molecule has 0 spiro atoms. The first-order valence-electron chi connectivity index (χ1n) is 12.1. The molecule has 0 bridgehead atoms. The second kappa shape index (κ2) is 9.77. The molecule has 5 rings (SSSR count). The molecule has 1 N–H and O–H groups in total. The van der Waals surface area contributed by atoms with E-state index in [-0.39, 0.29) is 17.7 Å². The number of hydrogen-bond donors (Lipinski definition) is 1. The fourth-order valence-electron chi connectivity index (χ4n) is 4.52. The van der Waals surface area contributed by atoms with E-state index in [2.05, 4.69) is 29.3 Å². The summed E-state index contributed by atoms with van der Waals surface area (Å²) in [6, 6.07) is 21.0. The molecule has 1 atom stereocenters. The van der Waals surface area contributed by atoms with E-state index in [0.29, 0.717) is 22.7 Å². The van der Waals surface area contributed by atoms with Gasteiger partial charge in [0.15, 0.2) is 0 Å². The highest BCUT2D eigenvalue weighted by atomic mass is 19.1. The summed E-state index contributed by atoms with van der Waals surface area (Å²) in [5.41, 5.74) is 5.73. The minimum Gasteiger partial charge on any atom is -0.334 e. The van der Waals surface area contributed by atoms with Gasteiger partial charge in [0.05, 0.1) is 17.3 Å². The van der Waals surface area contributed by atoms with Crippen molar-refractivity contribution in [3.05, 3.63) is 107 Å². The van der Waals surface area contributed by atoms with Crippen molar-refractivity contribution >= 4 is 17.3 Å². The Morgan fingerprint density at radius 2 is 1.72 bits per heavy atom. The number of urea groups is 1. The van der Waals surface area contributed by atoms with Crippen molar-refractivity contribution in [2.75, 3.05) is 4.90 Å². The van der Waals surface area contributed by atoms with Gasteiger partial charge >= 0.3 is 6.03 Å². The number of aromatic nitrogens is 2. The van der Waals surface area contributed by atoms with Crippen LogP contribution >= 0.6 is 0 Å². The van der Waals surface area contributed by atoms with Crippen LogP contribution in [0.2, 0.25) is 0 Å². The molecular weight excluding hydrogens is 455 g/mol. The maximum Gasteiger partial charge on any atom is 0.326 e. The highest BCUT2D eigenvalue weighted by Gasteiger charge is 2.36. The van der Waals surface area contributed by atoms with Gasteiger partial charge in [0.1, 0.15) is 5.82 Å². The van der Waals surface area contributed by atoms with E-state index in [1.165, 1.54) is 17.7 Å². The van der Waals surface area contributed by atoms with E-state index in [4.69, 9.17) is 4.52 Å². The summed E-state index contributed by atoms with van der Waals surface area (Å²) in [7, 11) is 0. The zero-order valence-corrected chi connectivity index (χ0v) is 20.5. The topological polar surface area (TPSA) is 71.3 Å². The average molecular weight is 483 g/mol. The van der Waals surface area contributed by atoms with Gasteiger partial charge in [-0.2, -0.15) is 4.98 Å². The molecule has 1 aliphatic heterocycles. The Kier molecular flexibility index (Phi) is 6.38. The summed E-state index contributed by atoms with van der Waals surface area (Å²) in [6.45, 7) is 6.01. The molecule has 0 radical (unpaired) electrons. The van der Waals surface area contributed by atoms with Gasteiger partial charge in [0.2, 0.25) is 5.82 Å². The van der Waals surface area contributed by atoms with Gasteiger partial charge in [0.25, 0.3) is 5.89 Å². The molecule has 2 heterocycles. The number of allylic oxidation sites excluding steroid dienone is 1. The second-order valence-corrected chi connectivity index (χ2v) is 8.77. The molecule has 0 saturated heterocycles. The number of anilines is 1. The minimum absolute atomic E-state index is 0.271. The highest BCUT2D eigenvalue weighted by molar-refractivity contribution is 6.01. The Morgan fingerprint density at radius 1 is 0.972 bits per heavy atom. The van der Waals surface area contributed by atoms with Crippen LogP contribution in [0.5, 0.6) is 0 Å². The number of halogens is 1. The van der Waals surface area contributed by atoms with Crippen molar-refractivity contribution in [3.63, 3.8) is 0 Å². The lowest BCUT2D eigenvalue weighted by Gasteiger charge is -2.35. The maximum atomic E-state index is 14.2. The molecular formula is C29H27FN4O2. The molecule has 36 heavy (non-hydrogen) atoms. The number of carbonyl (C=O) groups is 1. The zero-order chi connectivity index (χ0) is 25.2. The summed E-state index contributed by atoms with van der Waals surface area (Å²) in [5, 5.41) is 7.24. The normalized spacial score (nSPS) is 15.8. The average Bonchev–Trinajstić information content (AvgIpc) is 3.38. The van der Waals surface area contributed by atoms with E-state index < -0.39 is 6.04 Å². The van der Waals surface area contributed by atoms with Crippen molar-refractivity contribution in [2.45, 2.75) is 39.7 Å². The zero-order valence-electron chi connectivity index (χ0n) is 20.5. The number of hydrogen-bond acceptors (Lipinski definition) is 4. The largest absolute Gasteiger partial charge is 0.334 e. The summed E-state index contributed by atoms with van der Waals surface area (Å²) in [4.78, 5) is 19.6. The van der Waals surface area contributed by atoms with E-state index in [9.17, 15) is 9.18 Å². The molecule has 4 aromatic rings. The Hall–Kier alpha value is -4.26. The first-order valence-corrected chi connectivity index (χ1v) is 12.1. The van der Waals surface area contributed by atoms with Crippen molar-refractivity contribution in [3.8, 4) is 11.4 Å². The Labute approximate surface area is 209 Å². The Balaban J connectivity index is 1.64. The quantitative estimate of drug-likeness (QED) is 0.332. The molecule has 2 amide bonds. The van der Waals surface area contributed by atoms with E-state index in [1.807, 2.05) is 55.5 Å². The van der Waals surface area contributed by atoms with Crippen LogP contribution in [0.15, 0.2) is 83.0 Å². The molecule has 3 aromatic carbocycles. The van der Waals surface area contributed by atoms with Crippen molar-refractivity contribution in [1.29, 1.82) is 0 Å². The number of nitrogens with zero attached hydrogens (tertiary/aromatic N) is 3. The Bertz CT molecular complexity index is 1440. The number of rotatable bonds is 6. The first-order chi connectivity index (χ1) is 17.5. The number of nitrogens with one attached hydrogen (secondary N) is 1. The van der Waals surface area contributed by atoms with Crippen LogP contribution in [-0.4, -0.2) is 16.2 Å². The molecule has 1 aliphatic rings. The van der Waals surface area contributed by atoms with Crippen LogP contribution < -0.4 is 10.2 Å². The maximum absolute atomic E-state index is 14.2. The molecule has 0 aliphatic carbocycles. The number of carbonyl (C=O) groups excluding carboxylic acids is 1. The van der Waals surface area contributed by atoms with Crippen LogP contribution in [0.4, 0.5) is 14.9 Å². The number of benzene rings is 3. The van der Waals surface area contributed by atoms with Crippen LogP contribution in [0.3, 0.4) is 0 Å². The summed E-state index contributed by atoms with van der Waals surface area (Å²) >= 11 is 0. The predicted octanol–water partition coefficient (Wildman–Crippen LogP) is 6.70. The smallest absolute Gasteiger partial charge is 0.326 e. The van der Waals surface area contributed by atoms with Crippen LogP contribution in [-0.2, 0) is 12.8 Å². The molecule has 1 aromatic heterocycles. The predicted molar refractivity (Wildman–Crippen MR) is 138 cm³/mol. The summed E-state index contributed by atoms with van der Waals surface area (Å²) < 4.78 is 19.9.